The number of nitrogens with zero attached hydrogens (tertiary/aromatic N) is 1. The summed E-state index contributed by atoms with van der Waals surface area (Å²) in [4.78, 5) is 13.7. The molecule has 0 aliphatic heterocycles. The van der Waals surface area contributed by atoms with Crippen molar-refractivity contribution in [1.29, 1.82) is 0 Å². The molecule has 0 heterocycles. The van der Waals surface area contributed by atoms with Crippen LogP contribution in [-0.2, 0) is 6.54 Å². The quantitative estimate of drug-likeness (QED) is 0.886. The molecule has 3 N–H and O–H groups in total. The molecular formula is C15H17N3O. The fourth-order valence-electron chi connectivity index (χ4n) is 1.75. The zero-order valence-corrected chi connectivity index (χ0v) is 10.8. The molecular weight excluding hydrogens is 238 g/mol. The summed E-state index contributed by atoms with van der Waals surface area (Å²) >= 11 is 0. The topological polar surface area (TPSA) is 58.4 Å². The Hall–Kier alpha value is -2.33. The molecule has 0 saturated heterocycles. The second kappa shape index (κ2) is 6.02. The van der Waals surface area contributed by atoms with Crippen molar-refractivity contribution in [2.45, 2.75) is 6.54 Å². The number of rotatable bonds is 3. The van der Waals surface area contributed by atoms with Gasteiger partial charge >= 0.3 is 6.03 Å². The van der Waals surface area contributed by atoms with Crippen molar-refractivity contribution >= 4 is 17.4 Å². The van der Waals surface area contributed by atoms with Crippen LogP contribution in [0.5, 0.6) is 0 Å². The number of hydrogen-bond donors (Lipinski definition) is 2. The predicted octanol–water partition coefficient (Wildman–Crippen LogP) is 2.81. The van der Waals surface area contributed by atoms with Gasteiger partial charge in [-0.05, 0) is 29.8 Å². The lowest BCUT2D eigenvalue weighted by Gasteiger charge is -2.18. The normalized spacial score (nSPS) is 10.0. The first-order chi connectivity index (χ1) is 9.20. The molecule has 0 unspecified atom stereocenters. The maximum absolute atomic E-state index is 12.1. The van der Waals surface area contributed by atoms with E-state index in [1.807, 2.05) is 54.6 Å². The highest BCUT2D eigenvalue weighted by atomic mass is 16.2. The van der Waals surface area contributed by atoms with E-state index in [9.17, 15) is 4.79 Å². The van der Waals surface area contributed by atoms with Crippen molar-refractivity contribution < 1.29 is 4.79 Å². The highest BCUT2D eigenvalue weighted by Gasteiger charge is 2.10. The molecule has 19 heavy (non-hydrogen) atoms. The number of amides is 2. The molecule has 0 aromatic heterocycles. The van der Waals surface area contributed by atoms with Crippen LogP contribution in [0, 0.1) is 0 Å². The predicted molar refractivity (Wildman–Crippen MR) is 78.2 cm³/mol. The molecule has 98 valence electrons. The van der Waals surface area contributed by atoms with E-state index in [2.05, 4.69) is 5.32 Å². The number of carbonyl (C=O) groups excluding carboxylic acids is 1. The van der Waals surface area contributed by atoms with Gasteiger partial charge in [0.1, 0.15) is 0 Å². The van der Waals surface area contributed by atoms with Gasteiger partial charge in [-0.3, -0.25) is 4.90 Å². The minimum atomic E-state index is -0.180. The minimum absolute atomic E-state index is 0.180. The lowest BCUT2D eigenvalue weighted by molar-refractivity contribution is 0.258. The van der Waals surface area contributed by atoms with Gasteiger partial charge in [0.2, 0.25) is 0 Å². The van der Waals surface area contributed by atoms with Crippen LogP contribution < -0.4 is 16.0 Å². The largest absolute Gasteiger partial charge is 0.326 e. The van der Waals surface area contributed by atoms with E-state index >= 15 is 0 Å². The van der Waals surface area contributed by atoms with E-state index in [0.717, 1.165) is 16.9 Å². The van der Waals surface area contributed by atoms with Crippen molar-refractivity contribution in [3.05, 3.63) is 60.2 Å². The van der Waals surface area contributed by atoms with Gasteiger partial charge in [0, 0.05) is 25.0 Å². The number of nitrogens with two attached hydrogens (primary N) is 1. The summed E-state index contributed by atoms with van der Waals surface area (Å²) in [6.07, 6.45) is 0. The molecule has 0 saturated carbocycles. The SMILES string of the molecule is CN(C(=O)Nc1cccc(CN)c1)c1ccccc1. The highest BCUT2D eigenvalue weighted by molar-refractivity contribution is 6.01. The first-order valence-electron chi connectivity index (χ1n) is 6.09. The summed E-state index contributed by atoms with van der Waals surface area (Å²) in [5, 5.41) is 2.85. The van der Waals surface area contributed by atoms with Crippen molar-refractivity contribution in [1.82, 2.24) is 0 Å². The first kappa shape index (κ1) is 13.1. The number of carbonyl (C=O) groups is 1. The Morgan fingerprint density at radius 2 is 1.89 bits per heavy atom. The highest BCUT2D eigenvalue weighted by Crippen LogP contribution is 2.14. The summed E-state index contributed by atoms with van der Waals surface area (Å²) in [5.74, 6) is 0. The van der Waals surface area contributed by atoms with Gasteiger partial charge in [0.25, 0.3) is 0 Å². The van der Waals surface area contributed by atoms with Gasteiger partial charge in [0.15, 0.2) is 0 Å². The summed E-state index contributed by atoms with van der Waals surface area (Å²) < 4.78 is 0. The Bertz CT molecular complexity index is 554. The van der Waals surface area contributed by atoms with E-state index in [1.165, 1.54) is 0 Å². The number of benzene rings is 2. The molecule has 4 heteroatoms. The Morgan fingerprint density at radius 3 is 2.58 bits per heavy atom. The molecule has 4 nitrogen and oxygen atoms in total. The number of para-hydroxylation sites is 1. The van der Waals surface area contributed by atoms with Crippen molar-refractivity contribution in [2.24, 2.45) is 5.73 Å². The fourth-order valence-corrected chi connectivity index (χ4v) is 1.75. The molecule has 2 aromatic carbocycles. The van der Waals surface area contributed by atoms with E-state index in [0.29, 0.717) is 6.54 Å². The summed E-state index contributed by atoms with van der Waals surface area (Å²) in [6, 6.07) is 16.8. The molecule has 0 spiro atoms. The van der Waals surface area contributed by atoms with Crippen LogP contribution in [0.25, 0.3) is 0 Å². The molecule has 0 atom stereocenters. The lowest BCUT2D eigenvalue weighted by Crippen LogP contribution is -2.31. The number of anilines is 2. The number of urea groups is 1. The van der Waals surface area contributed by atoms with Gasteiger partial charge in [-0.15, -0.1) is 0 Å². The molecule has 0 aliphatic rings. The summed E-state index contributed by atoms with van der Waals surface area (Å²) in [5.41, 5.74) is 8.15. The zero-order chi connectivity index (χ0) is 13.7. The Kier molecular flexibility index (Phi) is 4.15. The Balaban J connectivity index is 2.08. The molecule has 0 radical (unpaired) electrons. The average Bonchev–Trinajstić information content (AvgIpc) is 2.47. The van der Waals surface area contributed by atoms with Gasteiger partial charge in [-0.2, -0.15) is 0 Å². The van der Waals surface area contributed by atoms with Gasteiger partial charge in [0.05, 0.1) is 0 Å². The van der Waals surface area contributed by atoms with E-state index in [-0.39, 0.29) is 6.03 Å². The fraction of sp³-hybridized carbons (Fsp3) is 0.133. The molecule has 2 rings (SSSR count). The third-order valence-electron chi connectivity index (χ3n) is 2.86. The number of hydrogen-bond acceptors (Lipinski definition) is 2. The molecule has 2 aromatic rings. The van der Waals surface area contributed by atoms with Crippen LogP contribution in [-0.4, -0.2) is 13.1 Å². The van der Waals surface area contributed by atoms with Crippen LogP contribution in [0.15, 0.2) is 54.6 Å². The zero-order valence-electron chi connectivity index (χ0n) is 10.8. The number of nitrogens with one attached hydrogen (secondary N) is 1. The Morgan fingerprint density at radius 1 is 1.16 bits per heavy atom. The van der Waals surface area contributed by atoms with Gasteiger partial charge < -0.3 is 11.1 Å². The average molecular weight is 255 g/mol. The van der Waals surface area contributed by atoms with Gasteiger partial charge in [-0.1, -0.05) is 30.3 Å². The van der Waals surface area contributed by atoms with Crippen molar-refractivity contribution in [2.75, 3.05) is 17.3 Å². The van der Waals surface area contributed by atoms with E-state index in [1.54, 1.807) is 11.9 Å². The molecule has 0 bridgehead atoms. The Labute approximate surface area is 112 Å². The van der Waals surface area contributed by atoms with Crippen LogP contribution in [0.2, 0.25) is 0 Å². The summed E-state index contributed by atoms with van der Waals surface area (Å²) in [7, 11) is 1.73. The van der Waals surface area contributed by atoms with Crippen LogP contribution in [0.1, 0.15) is 5.56 Å². The van der Waals surface area contributed by atoms with Crippen molar-refractivity contribution in [3.63, 3.8) is 0 Å². The molecule has 0 aliphatic carbocycles. The van der Waals surface area contributed by atoms with E-state index in [4.69, 9.17) is 5.73 Å². The van der Waals surface area contributed by atoms with Gasteiger partial charge in [-0.25, -0.2) is 4.79 Å². The maximum atomic E-state index is 12.1. The monoisotopic (exact) mass is 255 g/mol. The second-order valence-electron chi connectivity index (χ2n) is 4.23. The van der Waals surface area contributed by atoms with Crippen LogP contribution in [0.4, 0.5) is 16.2 Å². The third-order valence-corrected chi connectivity index (χ3v) is 2.86. The van der Waals surface area contributed by atoms with Crippen molar-refractivity contribution in [3.8, 4) is 0 Å². The lowest BCUT2D eigenvalue weighted by atomic mass is 10.2. The van der Waals surface area contributed by atoms with Crippen LogP contribution in [0.3, 0.4) is 0 Å². The second-order valence-corrected chi connectivity index (χ2v) is 4.23. The molecule has 0 fully saturated rings. The van der Waals surface area contributed by atoms with E-state index < -0.39 is 0 Å². The third kappa shape index (κ3) is 3.33. The minimum Gasteiger partial charge on any atom is -0.326 e. The first-order valence-corrected chi connectivity index (χ1v) is 6.09. The maximum Gasteiger partial charge on any atom is 0.326 e. The van der Waals surface area contributed by atoms with Crippen LogP contribution >= 0.6 is 0 Å². The summed E-state index contributed by atoms with van der Waals surface area (Å²) in [6.45, 7) is 0.457. The molecule has 2 amide bonds. The smallest absolute Gasteiger partial charge is 0.326 e. The standard InChI is InChI=1S/C15H17N3O/c1-18(14-8-3-2-4-9-14)15(19)17-13-7-5-6-12(10-13)11-16/h2-10H,11,16H2,1H3,(H,17,19).